The van der Waals surface area contributed by atoms with Crippen LogP contribution in [-0.2, 0) is 4.79 Å². The second kappa shape index (κ2) is 4.91. The quantitative estimate of drug-likeness (QED) is 0.778. The number of carbonyl (C=O) groups excluding carboxylic acids is 1. The van der Waals surface area contributed by atoms with Gasteiger partial charge in [-0.15, -0.1) is 11.6 Å². The molecule has 0 saturated carbocycles. The monoisotopic (exact) mass is 219 g/mol. The number of hydrogen-bond donors (Lipinski definition) is 1. The Morgan fingerprint density at radius 3 is 2.36 bits per heavy atom. The number of carbonyl (C=O) groups is 1. The predicted molar refractivity (Wildman–Crippen MR) is 50.3 cm³/mol. The van der Waals surface area contributed by atoms with Crippen LogP contribution in [0.5, 0.6) is 0 Å². The Balaban J connectivity index is 2.71. The molecule has 76 valence electrons. The topological polar surface area (TPSA) is 29.1 Å². The summed E-state index contributed by atoms with van der Waals surface area (Å²) in [6.45, 7) is 0. The highest BCUT2D eigenvalue weighted by molar-refractivity contribution is 6.19. The van der Waals surface area contributed by atoms with E-state index in [1.807, 2.05) is 0 Å². The lowest BCUT2D eigenvalue weighted by Gasteiger charge is -2.03. The van der Waals surface area contributed by atoms with Crippen molar-refractivity contribution in [2.24, 2.45) is 0 Å². The third-order valence-electron chi connectivity index (χ3n) is 1.47. The molecular formula is C9H8ClF2NO. The zero-order valence-corrected chi connectivity index (χ0v) is 7.94. The highest BCUT2D eigenvalue weighted by Crippen LogP contribution is 2.12. The van der Waals surface area contributed by atoms with Crippen molar-refractivity contribution in [2.75, 3.05) is 11.2 Å². The van der Waals surface area contributed by atoms with Gasteiger partial charge in [-0.1, -0.05) is 0 Å². The lowest BCUT2D eigenvalue weighted by Crippen LogP contribution is -2.11. The first-order chi connectivity index (χ1) is 6.61. The minimum absolute atomic E-state index is 0.0950. The minimum atomic E-state index is -0.730. The fraction of sp³-hybridized carbons (Fsp3) is 0.222. The van der Waals surface area contributed by atoms with Gasteiger partial charge in [0.1, 0.15) is 11.6 Å². The third-order valence-corrected chi connectivity index (χ3v) is 1.66. The molecule has 0 aromatic heterocycles. The van der Waals surface area contributed by atoms with E-state index >= 15 is 0 Å². The van der Waals surface area contributed by atoms with Gasteiger partial charge in [0.15, 0.2) is 0 Å². The first kappa shape index (κ1) is 10.9. The van der Waals surface area contributed by atoms with E-state index in [-0.39, 0.29) is 23.9 Å². The molecule has 0 unspecified atom stereocenters. The summed E-state index contributed by atoms with van der Waals surface area (Å²) < 4.78 is 25.3. The number of rotatable bonds is 3. The van der Waals surface area contributed by atoms with Gasteiger partial charge in [0.05, 0.1) is 0 Å². The van der Waals surface area contributed by atoms with E-state index in [1.165, 1.54) is 0 Å². The zero-order valence-electron chi connectivity index (χ0n) is 7.19. The molecule has 0 heterocycles. The molecule has 0 aliphatic rings. The summed E-state index contributed by atoms with van der Waals surface area (Å²) in [7, 11) is 0. The van der Waals surface area contributed by atoms with Crippen LogP contribution in [0.1, 0.15) is 6.42 Å². The van der Waals surface area contributed by atoms with Crippen LogP contribution in [0.2, 0.25) is 0 Å². The van der Waals surface area contributed by atoms with Crippen molar-refractivity contribution < 1.29 is 13.6 Å². The van der Waals surface area contributed by atoms with Crippen LogP contribution >= 0.6 is 11.6 Å². The number of amides is 1. The molecule has 1 N–H and O–H groups in total. The fourth-order valence-electron chi connectivity index (χ4n) is 0.935. The molecule has 0 radical (unpaired) electrons. The molecule has 0 saturated heterocycles. The Hall–Kier alpha value is -1.16. The summed E-state index contributed by atoms with van der Waals surface area (Å²) >= 11 is 5.32. The summed E-state index contributed by atoms with van der Waals surface area (Å²) in [5.41, 5.74) is 0.0950. The standard InChI is InChI=1S/C9H8ClF2NO/c10-2-1-9(14)13-8-4-6(11)3-7(12)5-8/h3-5H,1-2H2,(H,13,14). The van der Waals surface area contributed by atoms with Crippen LogP contribution in [-0.4, -0.2) is 11.8 Å². The SMILES string of the molecule is O=C(CCCl)Nc1cc(F)cc(F)c1. The molecule has 0 aliphatic heterocycles. The van der Waals surface area contributed by atoms with Crippen LogP contribution in [0, 0.1) is 11.6 Å². The van der Waals surface area contributed by atoms with Gasteiger partial charge in [0, 0.05) is 24.1 Å². The van der Waals surface area contributed by atoms with Gasteiger partial charge < -0.3 is 5.32 Å². The van der Waals surface area contributed by atoms with Crippen molar-refractivity contribution >= 4 is 23.2 Å². The average molecular weight is 220 g/mol. The first-order valence-corrected chi connectivity index (χ1v) is 4.47. The molecule has 0 aliphatic carbocycles. The second-order valence-corrected chi connectivity index (χ2v) is 3.02. The molecule has 1 amide bonds. The fourth-order valence-corrected chi connectivity index (χ4v) is 1.11. The normalized spacial score (nSPS) is 9.93. The van der Waals surface area contributed by atoms with E-state index in [2.05, 4.69) is 5.32 Å². The summed E-state index contributed by atoms with van der Waals surface area (Å²) in [5, 5.41) is 2.32. The smallest absolute Gasteiger partial charge is 0.225 e. The van der Waals surface area contributed by atoms with Crippen LogP contribution in [0.15, 0.2) is 18.2 Å². The van der Waals surface area contributed by atoms with E-state index in [1.54, 1.807) is 0 Å². The number of nitrogens with one attached hydrogen (secondary N) is 1. The number of hydrogen-bond acceptors (Lipinski definition) is 1. The summed E-state index contributed by atoms with van der Waals surface area (Å²) in [6, 6.07) is 2.81. The lowest BCUT2D eigenvalue weighted by atomic mass is 10.3. The Labute approximate surface area is 84.9 Å². The number of halogens is 3. The van der Waals surface area contributed by atoms with E-state index < -0.39 is 11.6 Å². The Bertz CT molecular complexity index is 323. The molecule has 2 nitrogen and oxygen atoms in total. The molecule has 1 rings (SSSR count). The highest BCUT2D eigenvalue weighted by Gasteiger charge is 2.04. The van der Waals surface area contributed by atoms with Gasteiger partial charge in [0.25, 0.3) is 0 Å². The Morgan fingerprint density at radius 1 is 1.29 bits per heavy atom. The van der Waals surface area contributed by atoms with E-state index in [0.29, 0.717) is 0 Å². The van der Waals surface area contributed by atoms with Crippen molar-refractivity contribution in [1.29, 1.82) is 0 Å². The van der Waals surface area contributed by atoms with Gasteiger partial charge in [-0.05, 0) is 12.1 Å². The maximum Gasteiger partial charge on any atom is 0.225 e. The van der Waals surface area contributed by atoms with Gasteiger partial charge in [-0.2, -0.15) is 0 Å². The molecule has 0 bridgehead atoms. The van der Waals surface area contributed by atoms with Crippen LogP contribution in [0.4, 0.5) is 14.5 Å². The zero-order chi connectivity index (χ0) is 10.6. The minimum Gasteiger partial charge on any atom is -0.326 e. The largest absolute Gasteiger partial charge is 0.326 e. The van der Waals surface area contributed by atoms with E-state index in [4.69, 9.17) is 11.6 Å². The number of benzene rings is 1. The molecule has 0 spiro atoms. The number of alkyl halides is 1. The maximum atomic E-state index is 12.6. The van der Waals surface area contributed by atoms with Crippen LogP contribution < -0.4 is 5.32 Å². The third kappa shape index (κ3) is 3.30. The first-order valence-electron chi connectivity index (χ1n) is 3.93. The van der Waals surface area contributed by atoms with Gasteiger partial charge >= 0.3 is 0 Å². The lowest BCUT2D eigenvalue weighted by molar-refractivity contribution is -0.115. The van der Waals surface area contributed by atoms with Crippen LogP contribution in [0.3, 0.4) is 0 Å². The summed E-state index contributed by atoms with van der Waals surface area (Å²) in [5.74, 6) is -1.66. The van der Waals surface area contributed by atoms with Crippen molar-refractivity contribution in [2.45, 2.75) is 6.42 Å². The van der Waals surface area contributed by atoms with Crippen molar-refractivity contribution in [1.82, 2.24) is 0 Å². The Kier molecular flexibility index (Phi) is 3.83. The van der Waals surface area contributed by atoms with Crippen molar-refractivity contribution in [3.63, 3.8) is 0 Å². The molecular weight excluding hydrogens is 212 g/mol. The van der Waals surface area contributed by atoms with E-state index in [9.17, 15) is 13.6 Å². The van der Waals surface area contributed by atoms with E-state index in [0.717, 1.165) is 18.2 Å². The van der Waals surface area contributed by atoms with Gasteiger partial charge in [-0.25, -0.2) is 8.78 Å². The predicted octanol–water partition coefficient (Wildman–Crippen LogP) is 2.53. The molecule has 14 heavy (non-hydrogen) atoms. The second-order valence-electron chi connectivity index (χ2n) is 2.65. The average Bonchev–Trinajstić information content (AvgIpc) is 2.01. The van der Waals surface area contributed by atoms with Crippen molar-refractivity contribution in [3.05, 3.63) is 29.8 Å². The Morgan fingerprint density at radius 2 is 1.86 bits per heavy atom. The molecule has 1 aromatic rings. The van der Waals surface area contributed by atoms with Gasteiger partial charge in [0.2, 0.25) is 5.91 Å². The molecule has 1 aromatic carbocycles. The van der Waals surface area contributed by atoms with Crippen molar-refractivity contribution in [3.8, 4) is 0 Å². The summed E-state index contributed by atoms with van der Waals surface area (Å²) in [4.78, 5) is 11.0. The number of anilines is 1. The van der Waals surface area contributed by atoms with Crippen LogP contribution in [0.25, 0.3) is 0 Å². The summed E-state index contributed by atoms with van der Waals surface area (Å²) in [6.07, 6.45) is 0.111. The molecule has 0 atom stereocenters. The highest BCUT2D eigenvalue weighted by atomic mass is 35.5. The van der Waals surface area contributed by atoms with Gasteiger partial charge in [-0.3, -0.25) is 4.79 Å². The molecule has 5 heteroatoms. The molecule has 0 fully saturated rings. The maximum absolute atomic E-state index is 12.6.